The van der Waals surface area contributed by atoms with E-state index in [2.05, 4.69) is 11.8 Å². The van der Waals surface area contributed by atoms with Gasteiger partial charge in [0.2, 0.25) is 0 Å². The second-order valence-electron chi connectivity index (χ2n) is 7.50. The molecule has 0 fully saturated rings. The van der Waals surface area contributed by atoms with Crippen LogP contribution in [-0.2, 0) is 25.4 Å². The van der Waals surface area contributed by atoms with E-state index < -0.39 is 17.7 Å². The summed E-state index contributed by atoms with van der Waals surface area (Å²) in [6.07, 6.45) is 7.82. The van der Waals surface area contributed by atoms with Crippen molar-refractivity contribution in [1.82, 2.24) is 0 Å². The van der Waals surface area contributed by atoms with Gasteiger partial charge >= 0.3 is 5.97 Å². The predicted molar refractivity (Wildman–Crippen MR) is 128 cm³/mol. The third-order valence-corrected chi connectivity index (χ3v) is 4.91. The molecule has 2 rings (SSSR count). The zero-order valence-electron chi connectivity index (χ0n) is 19.9. The molecule has 1 N–H and O–H groups in total. The van der Waals surface area contributed by atoms with E-state index in [1.54, 1.807) is 6.92 Å². The summed E-state index contributed by atoms with van der Waals surface area (Å²) in [5.41, 5.74) is 1.07. The van der Waals surface area contributed by atoms with Gasteiger partial charge in [0, 0.05) is 26.1 Å². The smallest absolute Gasteiger partial charge is 0.333 e. The first-order chi connectivity index (χ1) is 15.9. The minimum absolute atomic E-state index is 0.314. The number of benzene rings is 1. The third kappa shape index (κ3) is 8.80. The highest BCUT2D eigenvalue weighted by atomic mass is 16.5. The van der Waals surface area contributed by atoms with Crippen LogP contribution in [0.2, 0.25) is 0 Å². The first kappa shape index (κ1) is 26.2. The number of carboxylic acids is 1. The van der Waals surface area contributed by atoms with Crippen LogP contribution in [0, 0.1) is 11.8 Å². The molecule has 0 saturated carbocycles. The lowest BCUT2D eigenvalue weighted by molar-refractivity contribution is -0.149. The summed E-state index contributed by atoms with van der Waals surface area (Å²) < 4.78 is 22.6. The molecule has 1 unspecified atom stereocenters. The molecule has 33 heavy (non-hydrogen) atoms. The van der Waals surface area contributed by atoms with Crippen molar-refractivity contribution in [3.8, 4) is 17.6 Å². The molecule has 1 aromatic carbocycles. The Morgan fingerprint density at radius 1 is 1.15 bits per heavy atom. The minimum Gasteiger partial charge on any atom is -0.498 e. The summed E-state index contributed by atoms with van der Waals surface area (Å²) >= 11 is 0. The average Bonchev–Trinajstić information content (AvgIpc) is 2.79. The van der Waals surface area contributed by atoms with Crippen LogP contribution in [0.3, 0.4) is 0 Å². The highest BCUT2D eigenvalue weighted by molar-refractivity contribution is 5.72. The summed E-state index contributed by atoms with van der Waals surface area (Å²) in [6, 6.07) is 7.36. The maximum absolute atomic E-state index is 11.2. The molecule has 0 amide bonds. The van der Waals surface area contributed by atoms with E-state index in [1.807, 2.05) is 69.3 Å². The van der Waals surface area contributed by atoms with Crippen molar-refractivity contribution in [3.05, 3.63) is 65.5 Å². The molecule has 0 heterocycles. The van der Waals surface area contributed by atoms with Gasteiger partial charge in [0.25, 0.3) is 0 Å². The van der Waals surface area contributed by atoms with E-state index in [9.17, 15) is 9.90 Å². The maximum atomic E-state index is 11.2. The molecular weight excluding hydrogens is 420 g/mol. The summed E-state index contributed by atoms with van der Waals surface area (Å²) in [5, 5.41) is 9.21. The Morgan fingerprint density at radius 3 is 2.55 bits per heavy atom. The highest BCUT2D eigenvalue weighted by Crippen LogP contribution is 2.27. The molecule has 1 aliphatic carbocycles. The van der Waals surface area contributed by atoms with E-state index in [-0.39, 0.29) is 0 Å². The molecule has 0 spiro atoms. The Balaban J connectivity index is 1.94. The molecule has 2 atom stereocenters. The van der Waals surface area contributed by atoms with Crippen LogP contribution >= 0.6 is 0 Å². The zero-order valence-corrected chi connectivity index (χ0v) is 19.9. The van der Waals surface area contributed by atoms with E-state index >= 15 is 0 Å². The van der Waals surface area contributed by atoms with E-state index in [1.165, 1.54) is 0 Å². The summed E-state index contributed by atoms with van der Waals surface area (Å²) in [5.74, 6) is 7.05. The van der Waals surface area contributed by atoms with Gasteiger partial charge in [-0.2, -0.15) is 0 Å². The molecule has 0 aromatic heterocycles. The fourth-order valence-electron chi connectivity index (χ4n) is 3.32. The number of rotatable bonds is 12. The van der Waals surface area contributed by atoms with Gasteiger partial charge in [-0.05, 0) is 69.2 Å². The first-order valence-electron chi connectivity index (χ1n) is 11.3. The fourth-order valence-corrected chi connectivity index (χ4v) is 3.32. The van der Waals surface area contributed by atoms with Crippen molar-refractivity contribution in [3.63, 3.8) is 0 Å². The molecule has 0 bridgehead atoms. The topological polar surface area (TPSA) is 74.2 Å². The second kappa shape index (κ2) is 13.5. The number of allylic oxidation sites excluding steroid dienone is 3. The first-order valence-corrected chi connectivity index (χ1v) is 11.3. The quantitative estimate of drug-likeness (QED) is 0.462. The summed E-state index contributed by atoms with van der Waals surface area (Å²) in [4.78, 5) is 11.2. The molecule has 0 aliphatic heterocycles. The van der Waals surface area contributed by atoms with E-state index in [0.717, 1.165) is 16.9 Å². The average molecular weight is 455 g/mol. The van der Waals surface area contributed by atoms with Crippen molar-refractivity contribution in [2.24, 2.45) is 0 Å². The van der Waals surface area contributed by atoms with Crippen LogP contribution in [0.4, 0.5) is 0 Å². The number of carboxylic acid groups (broad SMARTS) is 1. The lowest BCUT2D eigenvalue weighted by Gasteiger charge is -2.28. The molecule has 1 aliphatic rings. The molecule has 6 nitrogen and oxygen atoms in total. The minimum atomic E-state index is -0.959. The molecule has 178 valence electrons. The van der Waals surface area contributed by atoms with E-state index in [4.69, 9.17) is 18.9 Å². The summed E-state index contributed by atoms with van der Waals surface area (Å²) in [6.45, 7) is 9.53. The Bertz CT molecular complexity index is 916. The van der Waals surface area contributed by atoms with Gasteiger partial charge < -0.3 is 24.1 Å². The van der Waals surface area contributed by atoms with Crippen LogP contribution in [0.5, 0.6) is 5.75 Å². The van der Waals surface area contributed by atoms with Gasteiger partial charge in [0.05, 0.1) is 6.61 Å². The van der Waals surface area contributed by atoms with Gasteiger partial charge in [-0.15, -0.1) is 0 Å². The monoisotopic (exact) mass is 454 g/mol. The Morgan fingerprint density at radius 2 is 1.91 bits per heavy atom. The van der Waals surface area contributed by atoms with Crippen molar-refractivity contribution >= 4 is 5.97 Å². The van der Waals surface area contributed by atoms with Gasteiger partial charge in [0.1, 0.15) is 18.1 Å². The lowest BCUT2D eigenvalue weighted by atomic mass is 9.93. The Kier molecular flexibility index (Phi) is 10.8. The molecule has 6 heteroatoms. The number of carbonyl (C=O) groups is 1. The standard InChI is InChI=1S/C27H34O6/c1-5-30-24-9-8-16-27(20-24,33-7-3)17-14-21(4)15-18-32-23-12-10-22(11-13-23)19-25(26(28)29)31-6-2/h8-13,15-16,25H,5-7,18-20H2,1-4H3,(H,28,29)/b21-15-/t25-,27?/m0/s1. The highest BCUT2D eigenvalue weighted by Gasteiger charge is 2.29. The van der Waals surface area contributed by atoms with Crippen molar-refractivity contribution in [2.45, 2.75) is 52.2 Å². The number of hydrogen-bond donors (Lipinski definition) is 1. The Labute approximate surface area is 196 Å². The van der Waals surface area contributed by atoms with E-state index in [0.29, 0.717) is 45.0 Å². The number of ether oxygens (including phenoxy) is 4. The normalized spacial score (nSPS) is 18.7. The molecule has 0 saturated heterocycles. The van der Waals surface area contributed by atoms with Crippen molar-refractivity contribution in [2.75, 3.05) is 26.4 Å². The van der Waals surface area contributed by atoms with Crippen LogP contribution in [0.1, 0.15) is 39.7 Å². The maximum Gasteiger partial charge on any atom is 0.333 e. The van der Waals surface area contributed by atoms with Crippen molar-refractivity contribution in [1.29, 1.82) is 0 Å². The lowest BCUT2D eigenvalue weighted by Crippen LogP contribution is -2.31. The van der Waals surface area contributed by atoms with Crippen LogP contribution < -0.4 is 4.74 Å². The molecule has 1 aromatic rings. The van der Waals surface area contributed by atoms with Crippen LogP contribution in [-0.4, -0.2) is 49.2 Å². The zero-order chi connectivity index (χ0) is 24.1. The van der Waals surface area contributed by atoms with Gasteiger partial charge in [-0.1, -0.05) is 30.0 Å². The molecular formula is C27H34O6. The largest absolute Gasteiger partial charge is 0.498 e. The van der Waals surface area contributed by atoms with Gasteiger partial charge in [0.15, 0.2) is 11.7 Å². The van der Waals surface area contributed by atoms with Crippen LogP contribution in [0.25, 0.3) is 0 Å². The SMILES string of the molecule is CCOC1=CC=CC(C#C/C(C)=C\COc2ccc(C[C@H](OCC)C(=O)O)cc2)(OCC)C1. The van der Waals surface area contributed by atoms with Gasteiger partial charge in [-0.3, -0.25) is 0 Å². The molecule has 0 radical (unpaired) electrons. The number of aliphatic carboxylic acids is 1. The van der Waals surface area contributed by atoms with Crippen molar-refractivity contribution < 1.29 is 28.8 Å². The summed E-state index contributed by atoms with van der Waals surface area (Å²) in [7, 11) is 0. The third-order valence-electron chi connectivity index (χ3n) is 4.91. The number of hydrogen-bond acceptors (Lipinski definition) is 5. The van der Waals surface area contributed by atoms with Gasteiger partial charge in [-0.25, -0.2) is 4.79 Å². The van der Waals surface area contributed by atoms with Crippen LogP contribution in [0.15, 0.2) is 59.9 Å². The fraction of sp³-hybridized carbons (Fsp3) is 0.444. The second-order valence-corrected chi connectivity index (χ2v) is 7.50. The Hall–Kier alpha value is -3.01. The predicted octanol–water partition coefficient (Wildman–Crippen LogP) is 4.70.